The summed E-state index contributed by atoms with van der Waals surface area (Å²) in [6.45, 7) is 5.17. The topological polar surface area (TPSA) is 21.7 Å². The maximum Gasteiger partial charge on any atom is 0.183 e. The molecule has 0 amide bonds. The first-order chi connectivity index (χ1) is 34.6. The van der Waals surface area contributed by atoms with Gasteiger partial charge in [-0.05, 0) is 129 Å². The van der Waals surface area contributed by atoms with Gasteiger partial charge in [0.25, 0.3) is 0 Å². The monoisotopic (exact) mass is 907 g/mol. The number of anilines is 3. The van der Waals surface area contributed by atoms with Crippen LogP contribution in [-0.2, 0) is 9.47 Å². The van der Waals surface area contributed by atoms with Crippen LogP contribution < -0.4 is 4.90 Å². The van der Waals surface area contributed by atoms with E-state index in [4.69, 9.17) is 9.47 Å². The second-order valence-electron chi connectivity index (χ2n) is 16.9. The molecule has 3 heteroatoms. The Bertz CT molecular complexity index is 2910. The molecular weight excluding hydrogens is 851 g/mol. The van der Waals surface area contributed by atoms with Crippen LogP contribution >= 0.6 is 0 Å². The largest absolute Gasteiger partial charge is 0.349 e. The maximum absolute atomic E-state index is 5.76. The Morgan fingerprint density at radius 3 is 0.871 bits per heavy atom. The van der Waals surface area contributed by atoms with E-state index in [1.807, 2.05) is 13.8 Å². The molecule has 0 bridgehead atoms. The number of benzene rings is 9. The minimum atomic E-state index is -0.333. The van der Waals surface area contributed by atoms with Gasteiger partial charge in [0.1, 0.15) is 0 Å². The first-order valence-electron chi connectivity index (χ1n) is 24.1. The Kier molecular flexibility index (Phi) is 15.8. The van der Waals surface area contributed by atoms with E-state index < -0.39 is 0 Å². The van der Waals surface area contributed by atoms with Crippen LogP contribution in [0.5, 0.6) is 0 Å². The van der Waals surface area contributed by atoms with Gasteiger partial charge in [0.15, 0.2) is 6.29 Å². The molecule has 9 aromatic carbocycles. The van der Waals surface area contributed by atoms with Gasteiger partial charge >= 0.3 is 0 Å². The number of ether oxygens (including phenoxy) is 2. The molecule has 0 aliphatic carbocycles. The molecule has 0 atom stereocenters. The Hall–Kier alpha value is -8.34. The van der Waals surface area contributed by atoms with E-state index in [0.29, 0.717) is 13.2 Å². The molecule has 9 rings (SSSR count). The lowest BCUT2D eigenvalue weighted by atomic mass is 9.95. The van der Waals surface area contributed by atoms with Gasteiger partial charge in [-0.2, -0.15) is 0 Å². The molecule has 0 N–H and O–H groups in total. The number of hydrogen-bond donors (Lipinski definition) is 0. The SMILES string of the molecule is CCOC(OCC)c1ccc(/C=C/c2ccc(/C=C/c3ccc(N(c4ccc(C=C(c5ccccc5)c5ccccc5)cc4)c4ccc(C=C(c5ccccc5)c5ccccc5)cc4)cc3)cc2)cc1. The van der Waals surface area contributed by atoms with Crippen LogP contribution in [0.15, 0.2) is 243 Å². The van der Waals surface area contributed by atoms with Crippen LogP contribution in [0.4, 0.5) is 17.1 Å². The van der Waals surface area contributed by atoms with Crippen molar-refractivity contribution < 1.29 is 9.47 Å². The van der Waals surface area contributed by atoms with Crippen molar-refractivity contribution in [2.24, 2.45) is 0 Å². The van der Waals surface area contributed by atoms with Crippen molar-refractivity contribution >= 4 is 64.7 Å². The number of rotatable bonds is 18. The van der Waals surface area contributed by atoms with Crippen LogP contribution in [0, 0.1) is 0 Å². The van der Waals surface area contributed by atoms with Crippen molar-refractivity contribution in [1.29, 1.82) is 0 Å². The van der Waals surface area contributed by atoms with Crippen molar-refractivity contribution in [3.8, 4) is 0 Å². The summed E-state index contributed by atoms with van der Waals surface area (Å²) in [6.07, 6.45) is 12.9. The summed E-state index contributed by atoms with van der Waals surface area (Å²) >= 11 is 0. The average Bonchev–Trinajstić information content (AvgIpc) is 3.43. The standard InChI is InChI=1S/C67H57NO2/c1-3-69-67(70-4-2)61-41-33-53(34-42-61)31-29-51-25-27-52(28-26-51)30-32-54-35-43-62(44-36-54)68(63-45-37-55(38-46-63)49-65(57-17-9-5-10-18-57)58-19-11-6-12-20-58)64-47-39-56(40-48-64)50-66(59-21-13-7-14-22-59)60-23-15-8-16-24-60/h5-50,67H,3-4H2,1-2H3/b31-29+,32-30+. The molecule has 0 fully saturated rings. The molecule has 0 saturated carbocycles. The Labute approximate surface area is 414 Å². The third-order valence-corrected chi connectivity index (χ3v) is 12.1. The smallest absolute Gasteiger partial charge is 0.183 e. The van der Waals surface area contributed by atoms with E-state index in [9.17, 15) is 0 Å². The molecule has 9 aromatic rings. The summed E-state index contributed by atoms with van der Waals surface area (Å²) in [5.41, 5.74) is 18.1. The second-order valence-corrected chi connectivity index (χ2v) is 16.9. The predicted octanol–water partition coefficient (Wildman–Crippen LogP) is 17.7. The van der Waals surface area contributed by atoms with Crippen molar-refractivity contribution in [3.05, 3.63) is 304 Å². The van der Waals surface area contributed by atoms with Gasteiger partial charge in [0, 0.05) is 35.8 Å². The minimum Gasteiger partial charge on any atom is -0.349 e. The van der Waals surface area contributed by atoms with E-state index in [2.05, 4.69) is 284 Å². The van der Waals surface area contributed by atoms with Crippen LogP contribution in [-0.4, -0.2) is 13.2 Å². The zero-order valence-electron chi connectivity index (χ0n) is 39.8. The second kappa shape index (κ2) is 23.6. The zero-order valence-corrected chi connectivity index (χ0v) is 39.8. The summed E-state index contributed by atoms with van der Waals surface area (Å²) in [6, 6.07) is 86.0. The van der Waals surface area contributed by atoms with Crippen molar-refractivity contribution in [3.63, 3.8) is 0 Å². The lowest BCUT2D eigenvalue weighted by molar-refractivity contribution is -0.140. The summed E-state index contributed by atoms with van der Waals surface area (Å²) in [5, 5.41) is 0. The quantitative estimate of drug-likeness (QED) is 0.0632. The molecule has 0 radical (unpaired) electrons. The van der Waals surface area contributed by atoms with E-state index >= 15 is 0 Å². The zero-order chi connectivity index (χ0) is 47.7. The van der Waals surface area contributed by atoms with Gasteiger partial charge in [-0.3, -0.25) is 0 Å². The van der Waals surface area contributed by atoms with Crippen LogP contribution in [0.2, 0.25) is 0 Å². The van der Waals surface area contributed by atoms with E-state index in [1.165, 1.54) is 33.4 Å². The Morgan fingerprint density at radius 2 is 0.586 bits per heavy atom. The molecular formula is C67H57NO2. The molecule has 342 valence electrons. The van der Waals surface area contributed by atoms with E-state index in [0.717, 1.165) is 56.0 Å². The van der Waals surface area contributed by atoms with Crippen molar-refractivity contribution in [2.45, 2.75) is 20.1 Å². The average molecular weight is 908 g/mol. The highest BCUT2D eigenvalue weighted by Gasteiger charge is 2.15. The Balaban J connectivity index is 0.970. The molecule has 0 spiro atoms. The predicted molar refractivity (Wildman–Crippen MR) is 298 cm³/mol. The third-order valence-electron chi connectivity index (χ3n) is 12.1. The fourth-order valence-corrected chi connectivity index (χ4v) is 8.50. The molecule has 0 aliphatic rings. The van der Waals surface area contributed by atoms with E-state index in [1.54, 1.807) is 0 Å². The summed E-state index contributed by atoms with van der Waals surface area (Å²) in [7, 11) is 0. The molecule has 0 saturated heterocycles. The summed E-state index contributed by atoms with van der Waals surface area (Å²) in [4.78, 5) is 2.33. The van der Waals surface area contributed by atoms with Gasteiger partial charge in [0.05, 0.1) is 0 Å². The van der Waals surface area contributed by atoms with Gasteiger partial charge in [-0.25, -0.2) is 0 Å². The lowest BCUT2D eigenvalue weighted by Crippen LogP contribution is -2.09. The van der Waals surface area contributed by atoms with E-state index in [-0.39, 0.29) is 6.29 Å². The molecule has 3 nitrogen and oxygen atoms in total. The molecule has 0 aromatic heterocycles. The fraction of sp³-hybridized carbons (Fsp3) is 0.0746. The van der Waals surface area contributed by atoms with Gasteiger partial charge in [-0.1, -0.05) is 231 Å². The van der Waals surface area contributed by atoms with Crippen molar-refractivity contribution in [2.75, 3.05) is 18.1 Å². The Morgan fingerprint density at radius 1 is 0.329 bits per heavy atom. The first kappa shape index (κ1) is 46.8. The van der Waals surface area contributed by atoms with Crippen LogP contribution in [0.3, 0.4) is 0 Å². The maximum atomic E-state index is 5.76. The highest BCUT2D eigenvalue weighted by molar-refractivity contribution is 5.93. The normalized spacial score (nSPS) is 11.2. The van der Waals surface area contributed by atoms with Crippen LogP contribution in [0.25, 0.3) is 47.6 Å². The lowest BCUT2D eigenvalue weighted by Gasteiger charge is -2.26. The highest BCUT2D eigenvalue weighted by atomic mass is 16.7. The number of nitrogens with zero attached hydrogens (tertiary/aromatic N) is 1. The summed E-state index contributed by atoms with van der Waals surface area (Å²) in [5.74, 6) is 0. The third kappa shape index (κ3) is 12.2. The highest BCUT2D eigenvalue weighted by Crippen LogP contribution is 2.37. The fourth-order valence-electron chi connectivity index (χ4n) is 8.50. The van der Waals surface area contributed by atoms with Crippen LogP contribution in [0.1, 0.15) is 81.3 Å². The number of hydrogen-bond acceptors (Lipinski definition) is 3. The molecule has 0 unspecified atom stereocenters. The van der Waals surface area contributed by atoms with Gasteiger partial charge in [0.2, 0.25) is 0 Å². The minimum absolute atomic E-state index is 0.333. The summed E-state index contributed by atoms with van der Waals surface area (Å²) < 4.78 is 11.5. The van der Waals surface area contributed by atoms with Gasteiger partial charge < -0.3 is 14.4 Å². The molecule has 70 heavy (non-hydrogen) atoms. The van der Waals surface area contributed by atoms with Gasteiger partial charge in [-0.15, -0.1) is 0 Å². The first-order valence-corrected chi connectivity index (χ1v) is 24.1. The molecule has 0 heterocycles. The van der Waals surface area contributed by atoms with Crippen molar-refractivity contribution in [1.82, 2.24) is 0 Å². The molecule has 0 aliphatic heterocycles.